The summed E-state index contributed by atoms with van der Waals surface area (Å²) in [7, 11) is 1.58. The van der Waals surface area contributed by atoms with Crippen molar-refractivity contribution in [2.24, 2.45) is 0 Å². The van der Waals surface area contributed by atoms with Gasteiger partial charge in [-0.05, 0) is 71.9 Å². The standard InChI is InChI=1S/C26H23F2N3O3S/c1-34-22-12-4-18(5-13-22)15-30-23(14-24(32)29-21-10-8-20(28)9-11-21)25(33)31(26(30)35)16-17-2-6-19(27)7-3-17/h2-13,23H,14-16H2,1H3,(H,29,32)/t23-/m1/s1. The van der Waals surface area contributed by atoms with Crippen LogP contribution in [0.5, 0.6) is 5.75 Å². The molecule has 0 unspecified atom stereocenters. The highest BCUT2D eigenvalue weighted by Crippen LogP contribution is 2.26. The van der Waals surface area contributed by atoms with Crippen molar-refractivity contribution in [1.82, 2.24) is 9.80 Å². The smallest absolute Gasteiger partial charge is 0.252 e. The highest BCUT2D eigenvalue weighted by atomic mass is 32.1. The van der Waals surface area contributed by atoms with Gasteiger partial charge >= 0.3 is 0 Å². The predicted octanol–water partition coefficient (Wildman–Crippen LogP) is 4.50. The molecule has 2 amide bonds. The number of halogens is 2. The molecule has 35 heavy (non-hydrogen) atoms. The van der Waals surface area contributed by atoms with Crippen molar-refractivity contribution < 1.29 is 23.1 Å². The van der Waals surface area contributed by atoms with Gasteiger partial charge < -0.3 is 15.0 Å². The van der Waals surface area contributed by atoms with Crippen LogP contribution in [0.3, 0.4) is 0 Å². The average molecular weight is 496 g/mol. The van der Waals surface area contributed by atoms with E-state index in [1.807, 2.05) is 24.3 Å². The normalized spacial score (nSPS) is 15.5. The number of nitrogens with zero attached hydrogens (tertiary/aromatic N) is 2. The number of rotatable bonds is 8. The molecule has 0 aliphatic carbocycles. The van der Waals surface area contributed by atoms with Crippen LogP contribution in [0.4, 0.5) is 14.5 Å². The minimum Gasteiger partial charge on any atom is -0.497 e. The van der Waals surface area contributed by atoms with E-state index in [1.54, 1.807) is 24.1 Å². The van der Waals surface area contributed by atoms with Gasteiger partial charge in [0.2, 0.25) is 5.91 Å². The van der Waals surface area contributed by atoms with E-state index in [1.165, 1.54) is 41.3 Å². The van der Waals surface area contributed by atoms with E-state index < -0.39 is 17.8 Å². The number of thiocarbonyl (C=S) groups is 1. The average Bonchev–Trinajstić information content (AvgIpc) is 3.06. The molecule has 0 spiro atoms. The minimum atomic E-state index is -0.828. The van der Waals surface area contributed by atoms with Crippen LogP contribution < -0.4 is 10.1 Å². The van der Waals surface area contributed by atoms with Crippen molar-refractivity contribution in [3.8, 4) is 5.75 Å². The van der Waals surface area contributed by atoms with Crippen LogP contribution in [0.1, 0.15) is 17.5 Å². The molecule has 6 nitrogen and oxygen atoms in total. The molecule has 1 saturated heterocycles. The first kappa shape index (κ1) is 24.3. The molecule has 0 bridgehead atoms. The van der Waals surface area contributed by atoms with Crippen molar-refractivity contribution in [3.05, 3.63) is 95.6 Å². The molecule has 4 rings (SSSR count). The number of amides is 2. The van der Waals surface area contributed by atoms with E-state index in [9.17, 15) is 18.4 Å². The summed E-state index contributed by atoms with van der Waals surface area (Å²) >= 11 is 5.64. The molecule has 1 heterocycles. The Labute approximate surface area is 207 Å². The third-order valence-corrected chi connectivity index (χ3v) is 6.13. The maximum atomic E-state index is 13.4. The third kappa shape index (κ3) is 5.81. The molecule has 180 valence electrons. The summed E-state index contributed by atoms with van der Waals surface area (Å²) < 4.78 is 31.7. The molecule has 1 aliphatic rings. The molecular weight excluding hydrogens is 472 g/mol. The maximum Gasteiger partial charge on any atom is 0.252 e. The summed E-state index contributed by atoms with van der Waals surface area (Å²) in [5.41, 5.74) is 2.02. The van der Waals surface area contributed by atoms with Gasteiger partial charge in [0.25, 0.3) is 5.91 Å². The Bertz CT molecular complexity index is 1220. The molecule has 1 N–H and O–H groups in total. The van der Waals surface area contributed by atoms with Crippen LogP contribution in [-0.4, -0.2) is 39.9 Å². The number of hydrogen-bond acceptors (Lipinski definition) is 4. The van der Waals surface area contributed by atoms with Gasteiger partial charge in [-0.2, -0.15) is 0 Å². The van der Waals surface area contributed by atoms with Crippen LogP contribution in [0.25, 0.3) is 0 Å². The van der Waals surface area contributed by atoms with Gasteiger partial charge in [0.15, 0.2) is 5.11 Å². The zero-order valence-electron chi connectivity index (χ0n) is 18.9. The minimum absolute atomic E-state index is 0.146. The molecule has 0 saturated carbocycles. The highest BCUT2D eigenvalue weighted by Gasteiger charge is 2.43. The zero-order valence-corrected chi connectivity index (χ0v) is 19.7. The van der Waals surface area contributed by atoms with E-state index in [4.69, 9.17) is 17.0 Å². The van der Waals surface area contributed by atoms with Crippen molar-refractivity contribution >= 4 is 34.8 Å². The Kier molecular flexibility index (Phi) is 7.36. The number of anilines is 1. The number of hydrogen-bond donors (Lipinski definition) is 1. The number of nitrogens with one attached hydrogen (secondary N) is 1. The van der Waals surface area contributed by atoms with Crippen molar-refractivity contribution in [3.63, 3.8) is 0 Å². The zero-order chi connectivity index (χ0) is 24.9. The second-order valence-electron chi connectivity index (χ2n) is 8.08. The highest BCUT2D eigenvalue weighted by molar-refractivity contribution is 7.80. The second-order valence-corrected chi connectivity index (χ2v) is 8.45. The van der Waals surface area contributed by atoms with Gasteiger partial charge in [-0.1, -0.05) is 24.3 Å². The summed E-state index contributed by atoms with van der Waals surface area (Å²) in [4.78, 5) is 29.3. The Morgan fingerprint density at radius 2 is 1.46 bits per heavy atom. The van der Waals surface area contributed by atoms with Gasteiger partial charge in [-0.25, -0.2) is 8.78 Å². The lowest BCUT2D eigenvalue weighted by Crippen LogP contribution is -2.37. The predicted molar refractivity (Wildman–Crippen MR) is 132 cm³/mol. The van der Waals surface area contributed by atoms with Gasteiger partial charge in [0.1, 0.15) is 23.4 Å². The van der Waals surface area contributed by atoms with E-state index >= 15 is 0 Å². The molecule has 3 aromatic rings. The lowest BCUT2D eigenvalue weighted by atomic mass is 10.1. The fraction of sp³-hybridized carbons (Fsp3) is 0.192. The summed E-state index contributed by atoms with van der Waals surface area (Å²) in [6, 6.07) is 17.7. The molecule has 0 aromatic heterocycles. The third-order valence-electron chi connectivity index (χ3n) is 5.68. The first-order valence-electron chi connectivity index (χ1n) is 10.9. The van der Waals surface area contributed by atoms with Gasteiger partial charge in [-0.15, -0.1) is 0 Å². The van der Waals surface area contributed by atoms with Crippen LogP contribution in [0.2, 0.25) is 0 Å². The SMILES string of the molecule is COc1ccc(CN2C(=S)N(Cc3ccc(F)cc3)C(=O)[C@H]2CC(=O)Nc2ccc(F)cc2)cc1. The Balaban J connectivity index is 1.55. The Morgan fingerprint density at radius 1 is 0.914 bits per heavy atom. The Hall–Kier alpha value is -3.85. The van der Waals surface area contributed by atoms with Crippen LogP contribution >= 0.6 is 12.2 Å². The van der Waals surface area contributed by atoms with E-state index in [0.29, 0.717) is 23.5 Å². The molecule has 1 fully saturated rings. The van der Waals surface area contributed by atoms with E-state index in [-0.39, 0.29) is 29.8 Å². The topological polar surface area (TPSA) is 61.9 Å². The van der Waals surface area contributed by atoms with Gasteiger partial charge in [0.05, 0.1) is 20.1 Å². The molecule has 1 aliphatic heterocycles. The quantitative estimate of drug-likeness (QED) is 0.467. The number of methoxy groups -OCH3 is 1. The summed E-state index contributed by atoms with van der Waals surface area (Å²) in [6.45, 7) is 0.468. The lowest BCUT2D eigenvalue weighted by molar-refractivity contribution is -0.131. The van der Waals surface area contributed by atoms with E-state index in [0.717, 1.165) is 5.56 Å². The molecule has 3 aromatic carbocycles. The number of benzene rings is 3. The van der Waals surface area contributed by atoms with Crippen LogP contribution in [-0.2, 0) is 22.7 Å². The maximum absolute atomic E-state index is 13.4. The fourth-order valence-corrected chi connectivity index (χ4v) is 4.18. The summed E-state index contributed by atoms with van der Waals surface area (Å²) in [5, 5.41) is 2.98. The van der Waals surface area contributed by atoms with Crippen molar-refractivity contribution in [2.75, 3.05) is 12.4 Å². The second kappa shape index (κ2) is 10.6. The molecule has 0 radical (unpaired) electrons. The van der Waals surface area contributed by atoms with Gasteiger partial charge in [-0.3, -0.25) is 14.5 Å². The fourth-order valence-electron chi connectivity index (χ4n) is 3.84. The summed E-state index contributed by atoms with van der Waals surface area (Å²) in [5.74, 6) is -0.813. The molecule has 9 heteroatoms. The lowest BCUT2D eigenvalue weighted by Gasteiger charge is -2.24. The number of carbonyl (C=O) groups is 2. The first-order chi connectivity index (χ1) is 16.8. The largest absolute Gasteiger partial charge is 0.497 e. The monoisotopic (exact) mass is 495 g/mol. The van der Waals surface area contributed by atoms with Crippen molar-refractivity contribution in [1.29, 1.82) is 0 Å². The first-order valence-corrected chi connectivity index (χ1v) is 11.3. The van der Waals surface area contributed by atoms with Crippen LogP contribution in [0, 0.1) is 11.6 Å². The van der Waals surface area contributed by atoms with Crippen LogP contribution in [0.15, 0.2) is 72.8 Å². The molecule has 1 atom stereocenters. The van der Waals surface area contributed by atoms with Crippen molar-refractivity contribution in [2.45, 2.75) is 25.6 Å². The van der Waals surface area contributed by atoms with E-state index in [2.05, 4.69) is 5.32 Å². The molecular formula is C26H23F2N3O3S. The number of carbonyl (C=O) groups excluding carboxylic acids is 2. The Morgan fingerprint density at radius 3 is 2.06 bits per heavy atom. The van der Waals surface area contributed by atoms with Gasteiger partial charge in [0, 0.05) is 12.2 Å². The number of ether oxygens (including phenoxy) is 1. The summed E-state index contributed by atoms with van der Waals surface area (Å²) in [6.07, 6.45) is -0.146.